The second-order valence-corrected chi connectivity index (χ2v) is 10.5. The number of benzene rings is 5. The highest BCUT2D eigenvalue weighted by atomic mass is 32.2. The highest BCUT2D eigenvalue weighted by Gasteiger charge is 2.16. The van der Waals surface area contributed by atoms with E-state index in [2.05, 4.69) is 58.3 Å². The number of carbonyl (C=O) groups excluding carboxylic acids is 1. The van der Waals surface area contributed by atoms with E-state index in [1.54, 1.807) is 23.9 Å². The second-order valence-electron chi connectivity index (χ2n) is 9.42. The predicted octanol–water partition coefficient (Wildman–Crippen LogP) is 8.29. The number of rotatable bonds is 7. The van der Waals surface area contributed by atoms with Crippen molar-refractivity contribution in [3.05, 3.63) is 138 Å². The number of carbonyl (C=O) groups is 1. The molecule has 1 aliphatic rings. The van der Waals surface area contributed by atoms with Crippen LogP contribution in [-0.2, 0) is 6.61 Å². The summed E-state index contributed by atoms with van der Waals surface area (Å²) in [4.78, 5) is 15.1. The van der Waals surface area contributed by atoms with Crippen LogP contribution in [0.3, 0.4) is 0 Å². The van der Waals surface area contributed by atoms with E-state index in [0.29, 0.717) is 12.2 Å². The van der Waals surface area contributed by atoms with Crippen LogP contribution in [-0.4, -0.2) is 11.6 Å². The molecular weight excluding hydrogens is 514 g/mol. The average Bonchev–Trinajstić information content (AvgIpc) is 3.02. The minimum absolute atomic E-state index is 0.262. The monoisotopic (exact) mass is 541 g/mol. The lowest BCUT2D eigenvalue weighted by molar-refractivity contribution is 0.0954. The molecule has 40 heavy (non-hydrogen) atoms. The van der Waals surface area contributed by atoms with Gasteiger partial charge in [0, 0.05) is 20.9 Å². The SMILES string of the molecule is CC(=NNC(=O)c1ccc(COc2ccccc2-c2ccccc2)cc1)c1ccc2c(c1)Nc1ccccc1S2. The second kappa shape index (κ2) is 11.5. The quantitative estimate of drug-likeness (QED) is 0.158. The van der Waals surface area contributed by atoms with Gasteiger partial charge in [0.05, 0.1) is 17.1 Å². The first kappa shape index (κ1) is 25.5. The fourth-order valence-corrected chi connectivity index (χ4v) is 5.46. The van der Waals surface area contributed by atoms with Gasteiger partial charge in [-0.25, -0.2) is 5.43 Å². The summed E-state index contributed by atoms with van der Waals surface area (Å²) in [5.41, 5.74) is 10.1. The van der Waals surface area contributed by atoms with Crippen LogP contribution in [0, 0.1) is 0 Å². The van der Waals surface area contributed by atoms with E-state index in [-0.39, 0.29) is 5.91 Å². The summed E-state index contributed by atoms with van der Waals surface area (Å²) < 4.78 is 6.14. The van der Waals surface area contributed by atoms with Crippen molar-refractivity contribution in [2.75, 3.05) is 5.32 Å². The van der Waals surface area contributed by atoms with Gasteiger partial charge >= 0.3 is 0 Å². The van der Waals surface area contributed by atoms with E-state index in [0.717, 1.165) is 50.0 Å². The lowest BCUT2D eigenvalue weighted by Crippen LogP contribution is -2.19. The fourth-order valence-electron chi connectivity index (χ4n) is 4.49. The van der Waals surface area contributed by atoms with Gasteiger partial charge in [0.2, 0.25) is 0 Å². The normalized spacial score (nSPS) is 12.1. The maximum Gasteiger partial charge on any atom is 0.271 e. The number of anilines is 2. The van der Waals surface area contributed by atoms with E-state index in [1.807, 2.05) is 73.7 Å². The molecule has 5 nitrogen and oxygen atoms in total. The molecular formula is C34H27N3O2S. The zero-order valence-electron chi connectivity index (χ0n) is 21.9. The number of para-hydroxylation sites is 2. The van der Waals surface area contributed by atoms with Gasteiger partial charge < -0.3 is 10.1 Å². The minimum atomic E-state index is -0.262. The maximum atomic E-state index is 12.8. The smallest absolute Gasteiger partial charge is 0.271 e. The predicted molar refractivity (Wildman–Crippen MR) is 163 cm³/mol. The van der Waals surface area contributed by atoms with E-state index < -0.39 is 0 Å². The summed E-state index contributed by atoms with van der Waals surface area (Å²) in [6.45, 7) is 2.29. The van der Waals surface area contributed by atoms with Crippen LogP contribution < -0.4 is 15.5 Å². The number of hydrazone groups is 1. The summed E-state index contributed by atoms with van der Waals surface area (Å²) >= 11 is 1.74. The van der Waals surface area contributed by atoms with Crippen molar-refractivity contribution in [3.8, 4) is 16.9 Å². The van der Waals surface area contributed by atoms with E-state index >= 15 is 0 Å². The van der Waals surface area contributed by atoms with Crippen molar-refractivity contribution < 1.29 is 9.53 Å². The summed E-state index contributed by atoms with van der Waals surface area (Å²) in [5, 5.41) is 7.85. The number of hydrogen-bond acceptors (Lipinski definition) is 5. The molecule has 0 spiro atoms. The molecule has 1 amide bonds. The Morgan fingerprint density at radius 2 is 1.48 bits per heavy atom. The number of fused-ring (bicyclic) bond motifs is 2. The third-order valence-electron chi connectivity index (χ3n) is 6.68. The molecule has 6 rings (SSSR count). The molecule has 5 aromatic carbocycles. The average molecular weight is 542 g/mol. The minimum Gasteiger partial charge on any atom is -0.488 e. The van der Waals surface area contributed by atoms with E-state index in [9.17, 15) is 4.79 Å². The molecule has 0 fully saturated rings. The first-order valence-electron chi connectivity index (χ1n) is 13.0. The zero-order chi connectivity index (χ0) is 27.3. The van der Waals surface area contributed by atoms with Gasteiger partial charge in [-0.3, -0.25) is 4.79 Å². The Balaban J connectivity index is 1.08. The summed E-state index contributed by atoms with van der Waals surface area (Å²) in [6, 6.07) is 40.0. The van der Waals surface area contributed by atoms with Crippen LogP contribution in [0.15, 0.2) is 136 Å². The van der Waals surface area contributed by atoms with Gasteiger partial charge in [-0.05, 0) is 66.1 Å². The molecule has 196 valence electrons. The molecule has 0 aromatic heterocycles. The molecule has 5 aromatic rings. The van der Waals surface area contributed by atoms with Gasteiger partial charge in [0.1, 0.15) is 12.4 Å². The van der Waals surface area contributed by atoms with Crippen LogP contribution in [0.25, 0.3) is 11.1 Å². The van der Waals surface area contributed by atoms with E-state index in [4.69, 9.17) is 4.74 Å². The van der Waals surface area contributed by atoms with Gasteiger partial charge in [0.15, 0.2) is 0 Å². The highest BCUT2D eigenvalue weighted by Crippen LogP contribution is 2.44. The van der Waals surface area contributed by atoms with Gasteiger partial charge in [0.25, 0.3) is 5.91 Å². The fraction of sp³-hybridized carbons (Fsp3) is 0.0588. The zero-order valence-corrected chi connectivity index (χ0v) is 22.7. The molecule has 2 N–H and O–H groups in total. The van der Waals surface area contributed by atoms with Crippen molar-refractivity contribution in [1.82, 2.24) is 5.43 Å². The molecule has 0 saturated heterocycles. The van der Waals surface area contributed by atoms with Crippen LogP contribution in [0.4, 0.5) is 11.4 Å². The number of nitrogens with zero attached hydrogens (tertiary/aromatic N) is 1. The molecule has 0 unspecified atom stereocenters. The molecule has 0 radical (unpaired) electrons. The largest absolute Gasteiger partial charge is 0.488 e. The van der Waals surface area contributed by atoms with Crippen molar-refractivity contribution in [3.63, 3.8) is 0 Å². The lowest BCUT2D eigenvalue weighted by Gasteiger charge is -2.21. The third kappa shape index (κ3) is 5.63. The number of ether oxygens (including phenoxy) is 1. The Labute approximate surface area is 237 Å². The Kier molecular flexibility index (Phi) is 7.33. The van der Waals surface area contributed by atoms with Crippen LogP contribution in [0.1, 0.15) is 28.4 Å². The molecule has 0 saturated carbocycles. The van der Waals surface area contributed by atoms with Crippen LogP contribution in [0.2, 0.25) is 0 Å². The summed E-state index contributed by atoms with van der Waals surface area (Å²) in [5.74, 6) is 0.558. The van der Waals surface area contributed by atoms with Gasteiger partial charge in [-0.15, -0.1) is 0 Å². The molecule has 1 heterocycles. The van der Waals surface area contributed by atoms with Gasteiger partial charge in [-0.2, -0.15) is 5.10 Å². The highest BCUT2D eigenvalue weighted by molar-refractivity contribution is 7.99. The standard InChI is InChI=1S/C34H27N3O2S/c1-23(27-19-20-33-30(21-27)35-29-12-6-8-14-32(29)40-33)36-37-34(38)26-17-15-24(16-18-26)22-39-31-13-7-5-11-28(31)25-9-3-2-4-10-25/h2-21,35H,22H2,1H3,(H,37,38). The van der Waals surface area contributed by atoms with Gasteiger partial charge in [-0.1, -0.05) is 90.6 Å². The number of amides is 1. The maximum absolute atomic E-state index is 12.8. The third-order valence-corrected chi connectivity index (χ3v) is 7.83. The van der Waals surface area contributed by atoms with Crippen molar-refractivity contribution in [2.24, 2.45) is 5.10 Å². The molecule has 6 heteroatoms. The number of hydrogen-bond donors (Lipinski definition) is 2. The summed E-state index contributed by atoms with van der Waals surface area (Å²) in [7, 11) is 0. The molecule has 0 aliphatic carbocycles. The lowest BCUT2D eigenvalue weighted by atomic mass is 10.0. The summed E-state index contributed by atoms with van der Waals surface area (Å²) in [6.07, 6.45) is 0. The molecule has 1 aliphatic heterocycles. The topological polar surface area (TPSA) is 62.7 Å². The Bertz CT molecular complexity index is 1700. The van der Waals surface area contributed by atoms with Crippen LogP contribution in [0.5, 0.6) is 5.75 Å². The van der Waals surface area contributed by atoms with Crippen molar-refractivity contribution in [1.29, 1.82) is 0 Å². The van der Waals surface area contributed by atoms with Crippen molar-refractivity contribution >= 4 is 34.8 Å². The number of nitrogens with one attached hydrogen (secondary N) is 2. The van der Waals surface area contributed by atoms with E-state index in [1.165, 1.54) is 4.90 Å². The Morgan fingerprint density at radius 1 is 0.775 bits per heavy atom. The molecule has 0 atom stereocenters. The first-order chi connectivity index (χ1) is 19.6. The Hall–Kier alpha value is -4.81. The Morgan fingerprint density at radius 3 is 2.33 bits per heavy atom. The van der Waals surface area contributed by atoms with Crippen LogP contribution >= 0.6 is 11.8 Å². The van der Waals surface area contributed by atoms with Crippen molar-refractivity contribution in [2.45, 2.75) is 23.3 Å². The molecule has 0 bridgehead atoms. The first-order valence-corrected chi connectivity index (χ1v) is 13.8.